The average Bonchev–Trinajstić information content (AvgIpc) is 2.74. The van der Waals surface area contributed by atoms with Gasteiger partial charge < -0.3 is 15.5 Å². The summed E-state index contributed by atoms with van der Waals surface area (Å²) in [6, 6.07) is 12.9. The van der Waals surface area contributed by atoms with Crippen molar-refractivity contribution in [3.63, 3.8) is 0 Å². The Morgan fingerprint density at radius 1 is 1.17 bits per heavy atom. The monoisotopic (exact) mass is 454 g/mol. The zero-order valence-corrected chi connectivity index (χ0v) is 18.5. The van der Waals surface area contributed by atoms with Crippen molar-refractivity contribution in [2.75, 3.05) is 50.0 Å². The normalized spacial score (nSPS) is 15.4. The second-order valence-corrected chi connectivity index (χ2v) is 9.08. The zero-order valence-electron chi connectivity index (χ0n) is 16.2. The van der Waals surface area contributed by atoms with Crippen LogP contribution in [0.4, 0.5) is 11.4 Å². The SMILES string of the molecule is CN(CCC(=O)Nc1ccc(N2CCNCC2)cc1)S(=O)c1cccc(Cl)c1Cl. The first-order valence-corrected chi connectivity index (χ1v) is 11.2. The molecule has 2 aromatic carbocycles. The van der Waals surface area contributed by atoms with Crippen LogP contribution in [0.5, 0.6) is 0 Å². The molecule has 2 aromatic rings. The van der Waals surface area contributed by atoms with Gasteiger partial charge in [0, 0.05) is 57.6 Å². The van der Waals surface area contributed by atoms with E-state index in [9.17, 15) is 9.00 Å². The highest BCUT2D eigenvalue weighted by Gasteiger charge is 2.17. The molecule has 1 aliphatic rings. The van der Waals surface area contributed by atoms with Crippen molar-refractivity contribution in [2.24, 2.45) is 0 Å². The van der Waals surface area contributed by atoms with Gasteiger partial charge in [0.2, 0.25) is 5.91 Å². The third kappa shape index (κ3) is 5.93. The summed E-state index contributed by atoms with van der Waals surface area (Å²) in [6.45, 7) is 4.24. The Balaban J connectivity index is 1.50. The highest BCUT2D eigenvalue weighted by atomic mass is 35.5. The van der Waals surface area contributed by atoms with Gasteiger partial charge in [-0.1, -0.05) is 29.3 Å². The number of hydrogen-bond acceptors (Lipinski definition) is 4. The Hall–Kier alpha value is -1.64. The summed E-state index contributed by atoms with van der Waals surface area (Å²) >= 11 is 12.1. The minimum Gasteiger partial charge on any atom is -0.369 e. The van der Waals surface area contributed by atoms with Crippen molar-refractivity contribution in [1.29, 1.82) is 0 Å². The van der Waals surface area contributed by atoms with E-state index in [4.69, 9.17) is 23.2 Å². The van der Waals surface area contributed by atoms with E-state index in [1.807, 2.05) is 24.3 Å². The number of hydrogen-bond donors (Lipinski definition) is 2. The molecule has 1 unspecified atom stereocenters. The van der Waals surface area contributed by atoms with Crippen molar-refractivity contribution < 1.29 is 9.00 Å². The zero-order chi connectivity index (χ0) is 20.8. The summed E-state index contributed by atoms with van der Waals surface area (Å²) in [5, 5.41) is 6.84. The van der Waals surface area contributed by atoms with E-state index >= 15 is 0 Å². The van der Waals surface area contributed by atoms with Gasteiger partial charge in [-0.2, -0.15) is 0 Å². The van der Waals surface area contributed by atoms with Crippen molar-refractivity contribution in [1.82, 2.24) is 9.62 Å². The molecule has 1 fully saturated rings. The van der Waals surface area contributed by atoms with E-state index in [0.29, 0.717) is 16.5 Å². The van der Waals surface area contributed by atoms with Gasteiger partial charge in [-0.25, -0.2) is 8.51 Å². The van der Waals surface area contributed by atoms with Crippen LogP contribution in [-0.4, -0.2) is 54.2 Å². The topological polar surface area (TPSA) is 64.7 Å². The summed E-state index contributed by atoms with van der Waals surface area (Å²) in [7, 11) is 0.191. The maximum atomic E-state index is 12.6. The molecule has 1 saturated heterocycles. The van der Waals surface area contributed by atoms with Crippen LogP contribution in [-0.2, 0) is 15.8 Å². The lowest BCUT2D eigenvalue weighted by Gasteiger charge is -2.29. The van der Waals surface area contributed by atoms with Crippen LogP contribution in [0.1, 0.15) is 6.42 Å². The van der Waals surface area contributed by atoms with E-state index in [1.165, 1.54) is 0 Å². The number of rotatable bonds is 7. The second kappa shape index (κ2) is 10.4. The average molecular weight is 455 g/mol. The van der Waals surface area contributed by atoms with Crippen molar-refractivity contribution in [3.05, 3.63) is 52.5 Å². The van der Waals surface area contributed by atoms with Gasteiger partial charge >= 0.3 is 0 Å². The third-order valence-electron chi connectivity index (χ3n) is 4.67. The van der Waals surface area contributed by atoms with Crippen LogP contribution in [0.25, 0.3) is 0 Å². The molecule has 29 heavy (non-hydrogen) atoms. The molecule has 0 aromatic heterocycles. The Bertz CT molecular complexity index is 873. The smallest absolute Gasteiger partial charge is 0.225 e. The lowest BCUT2D eigenvalue weighted by molar-refractivity contribution is -0.116. The van der Waals surface area contributed by atoms with Crippen LogP contribution in [0, 0.1) is 0 Å². The molecule has 156 valence electrons. The fourth-order valence-corrected chi connectivity index (χ4v) is 4.64. The molecule has 1 amide bonds. The van der Waals surface area contributed by atoms with Gasteiger partial charge in [0.05, 0.1) is 14.9 Å². The molecule has 0 spiro atoms. The van der Waals surface area contributed by atoms with E-state index in [2.05, 4.69) is 15.5 Å². The molecule has 1 atom stereocenters. The standard InChI is InChI=1S/C20H24Cl2N4O2S/c1-25(29(28)18-4-2-3-17(21)20(18)22)12-9-19(27)24-15-5-7-16(8-6-15)26-13-10-23-11-14-26/h2-8,23H,9-14H2,1H3,(H,24,27). The number of benzene rings is 2. The molecular formula is C20H24Cl2N4O2S. The predicted molar refractivity (Wildman–Crippen MR) is 120 cm³/mol. The fraction of sp³-hybridized carbons (Fsp3) is 0.350. The van der Waals surface area contributed by atoms with Gasteiger partial charge in [-0.05, 0) is 36.4 Å². The number of halogens is 2. The lowest BCUT2D eigenvalue weighted by Crippen LogP contribution is -2.43. The van der Waals surface area contributed by atoms with Gasteiger partial charge in [0.1, 0.15) is 11.0 Å². The van der Waals surface area contributed by atoms with E-state index in [-0.39, 0.29) is 17.4 Å². The lowest BCUT2D eigenvalue weighted by atomic mass is 10.2. The van der Waals surface area contributed by atoms with Gasteiger partial charge in [0.25, 0.3) is 0 Å². The largest absolute Gasteiger partial charge is 0.369 e. The number of amides is 1. The first kappa shape index (κ1) is 22.1. The summed E-state index contributed by atoms with van der Waals surface area (Å²) in [5.41, 5.74) is 1.90. The molecule has 1 heterocycles. The Labute approximate surface area is 183 Å². The number of piperazine rings is 1. The molecule has 0 radical (unpaired) electrons. The molecule has 0 bridgehead atoms. The molecule has 0 aliphatic carbocycles. The highest BCUT2D eigenvalue weighted by molar-refractivity contribution is 7.82. The fourth-order valence-electron chi connectivity index (χ4n) is 3.03. The van der Waals surface area contributed by atoms with E-state index in [1.54, 1.807) is 29.6 Å². The Morgan fingerprint density at radius 2 is 1.86 bits per heavy atom. The quantitative estimate of drug-likeness (QED) is 0.672. The maximum absolute atomic E-state index is 12.6. The molecule has 3 rings (SSSR count). The van der Waals surface area contributed by atoms with Crippen LogP contribution in [0.15, 0.2) is 47.4 Å². The minimum atomic E-state index is -1.49. The van der Waals surface area contributed by atoms with Crippen molar-refractivity contribution >= 4 is 51.5 Å². The van der Waals surface area contributed by atoms with Crippen molar-refractivity contribution in [2.45, 2.75) is 11.3 Å². The van der Waals surface area contributed by atoms with Gasteiger partial charge in [0.15, 0.2) is 0 Å². The summed E-state index contributed by atoms with van der Waals surface area (Å²) in [6.07, 6.45) is 0.208. The first-order chi connectivity index (χ1) is 14.0. The van der Waals surface area contributed by atoms with Crippen LogP contribution in [0.3, 0.4) is 0 Å². The van der Waals surface area contributed by atoms with Gasteiger partial charge in [-0.3, -0.25) is 4.79 Å². The molecule has 2 N–H and O–H groups in total. The Morgan fingerprint density at radius 3 is 2.55 bits per heavy atom. The maximum Gasteiger partial charge on any atom is 0.225 e. The highest BCUT2D eigenvalue weighted by Crippen LogP contribution is 2.28. The number of anilines is 2. The molecule has 6 nitrogen and oxygen atoms in total. The molecule has 9 heteroatoms. The molecule has 1 aliphatic heterocycles. The number of nitrogens with zero attached hydrogens (tertiary/aromatic N) is 2. The number of carbonyl (C=O) groups excluding carboxylic acids is 1. The van der Waals surface area contributed by atoms with Crippen LogP contribution in [0.2, 0.25) is 10.0 Å². The van der Waals surface area contributed by atoms with Crippen molar-refractivity contribution in [3.8, 4) is 0 Å². The third-order valence-corrected chi connectivity index (χ3v) is 7.07. The second-order valence-electron chi connectivity index (χ2n) is 6.73. The van der Waals surface area contributed by atoms with E-state index in [0.717, 1.165) is 37.6 Å². The number of nitrogens with one attached hydrogen (secondary N) is 2. The van der Waals surface area contributed by atoms with Crippen LogP contribution < -0.4 is 15.5 Å². The first-order valence-electron chi connectivity index (χ1n) is 9.38. The summed E-state index contributed by atoms with van der Waals surface area (Å²) in [5.74, 6) is -0.138. The minimum absolute atomic E-state index is 0.138. The van der Waals surface area contributed by atoms with Crippen LogP contribution >= 0.6 is 23.2 Å². The van der Waals surface area contributed by atoms with Gasteiger partial charge in [-0.15, -0.1) is 0 Å². The summed E-state index contributed by atoms with van der Waals surface area (Å²) < 4.78 is 14.2. The molecule has 0 saturated carbocycles. The molecular weight excluding hydrogens is 431 g/mol. The van der Waals surface area contributed by atoms with E-state index < -0.39 is 11.0 Å². The number of carbonyl (C=O) groups is 1. The summed E-state index contributed by atoms with van der Waals surface area (Å²) in [4.78, 5) is 15.0. The Kier molecular flexibility index (Phi) is 7.91. The predicted octanol–water partition coefficient (Wildman–Crippen LogP) is 3.39.